The molecule has 0 aromatic heterocycles. The minimum atomic E-state index is -0.911. The Morgan fingerprint density at radius 1 is 0.957 bits per heavy atom. The Hall–Kier alpha value is -2.37. The van der Waals surface area contributed by atoms with E-state index >= 15 is 0 Å². The van der Waals surface area contributed by atoms with Crippen molar-refractivity contribution in [2.45, 2.75) is 13.8 Å². The molecule has 0 spiro atoms. The molecule has 23 heavy (non-hydrogen) atoms. The highest BCUT2D eigenvalue weighted by Gasteiger charge is 2.47. The molecule has 0 radical (unpaired) electrons. The first kappa shape index (κ1) is 17.0. The van der Waals surface area contributed by atoms with Gasteiger partial charge in [0.25, 0.3) is 0 Å². The van der Waals surface area contributed by atoms with Gasteiger partial charge in [0.05, 0.1) is 0 Å². The molecule has 1 aliphatic carbocycles. The summed E-state index contributed by atoms with van der Waals surface area (Å²) in [7, 11) is 2.83. The van der Waals surface area contributed by atoms with Crippen LogP contribution in [0, 0.1) is 11.8 Å². The molecule has 1 aliphatic heterocycles. The molecule has 6 heteroatoms. The second-order valence-corrected chi connectivity index (χ2v) is 5.61. The zero-order valence-electron chi connectivity index (χ0n) is 14.0. The van der Waals surface area contributed by atoms with Crippen LogP contribution < -0.4 is 0 Å². The molecule has 1 unspecified atom stereocenters. The van der Waals surface area contributed by atoms with Crippen LogP contribution in [0.25, 0.3) is 0 Å². The second kappa shape index (κ2) is 6.81. The summed E-state index contributed by atoms with van der Waals surface area (Å²) < 4.78 is 0. The number of urea groups is 1. The lowest BCUT2D eigenvalue weighted by atomic mass is 9.85. The summed E-state index contributed by atoms with van der Waals surface area (Å²) in [5.74, 6) is -2.20. The highest BCUT2D eigenvalue weighted by Crippen LogP contribution is 2.32. The van der Waals surface area contributed by atoms with E-state index in [1.165, 1.54) is 14.1 Å². The fourth-order valence-corrected chi connectivity index (χ4v) is 3.04. The molecule has 1 saturated heterocycles. The van der Waals surface area contributed by atoms with E-state index in [4.69, 9.17) is 0 Å². The number of carbonyl (C=O) groups is 3. The average molecular weight is 317 g/mol. The number of hydrogen-bond donors (Lipinski definition) is 0. The topological polar surface area (TPSA) is 60.9 Å². The molecular formula is C17H23N3O3. The molecule has 2 aliphatic rings. The predicted octanol–water partition coefficient (Wildman–Crippen LogP) is 1.62. The van der Waals surface area contributed by atoms with Crippen LogP contribution in [0.4, 0.5) is 4.79 Å². The molecule has 0 N–H and O–H groups in total. The summed E-state index contributed by atoms with van der Waals surface area (Å²) in [6.45, 7) is 5.62. The van der Waals surface area contributed by atoms with Gasteiger partial charge in [-0.3, -0.25) is 19.4 Å². The third-order valence-corrected chi connectivity index (χ3v) is 4.40. The highest BCUT2D eigenvalue weighted by molar-refractivity contribution is 6.16. The molecule has 1 fully saturated rings. The molecule has 0 bridgehead atoms. The van der Waals surface area contributed by atoms with Gasteiger partial charge >= 0.3 is 6.03 Å². The molecule has 1 atom stereocenters. The molecule has 4 amide bonds. The Balaban J connectivity index is 2.45. The van der Waals surface area contributed by atoms with Crippen molar-refractivity contribution >= 4 is 17.8 Å². The van der Waals surface area contributed by atoms with Crippen molar-refractivity contribution in [3.05, 3.63) is 36.1 Å². The van der Waals surface area contributed by atoms with Gasteiger partial charge in [-0.05, 0) is 19.9 Å². The maximum Gasteiger partial charge on any atom is 0.332 e. The standard InChI is InChI=1S/C17H23N3O3/c1-5-20(6-2)13-11-9-7-8-10-12(13)14-15(21)18(3)17(23)19(4)16(14)22/h7-12,14H,5-6H2,1-4H3. The molecular weight excluding hydrogens is 294 g/mol. The lowest BCUT2D eigenvalue weighted by Crippen LogP contribution is -2.59. The second-order valence-electron chi connectivity index (χ2n) is 5.61. The minimum absolute atomic E-state index is 0.386. The Labute approximate surface area is 136 Å². The van der Waals surface area contributed by atoms with E-state index in [-0.39, 0.29) is 5.92 Å². The van der Waals surface area contributed by atoms with Crippen molar-refractivity contribution in [1.29, 1.82) is 0 Å². The van der Waals surface area contributed by atoms with E-state index in [9.17, 15) is 14.4 Å². The van der Waals surface area contributed by atoms with Crippen LogP contribution in [0.15, 0.2) is 36.1 Å². The van der Waals surface area contributed by atoms with Crippen LogP contribution in [0.3, 0.4) is 0 Å². The van der Waals surface area contributed by atoms with Crippen molar-refractivity contribution in [2.24, 2.45) is 11.8 Å². The Morgan fingerprint density at radius 3 is 2.04 bits per heavy atom. The number of carbonyl (C=O) groups excluding carboxylic acids is 3. The smallest absolute Gasteiger partial charge is 0.332 e. The predicted molar refractivity (Wildman–Crippen MR) is 87.2 cm³/mol. The summed E-state index contributed by atoms with van der Waals surface area (Å²) in [6.07, 6.45) is 9.43. The van der Waals surface area contributed by atoms with Crippen molar-refractivity contribution in [1.82, 2.24) is 14.7 Å². The van der Waals surface area contributed by atoms with Gasteiger partial charge in [0, 0.05) is 38.8 Å². The Morgan fingerprint density at radius 2 is 1.52 bits per heavy atom. The summed E-state index contributed by atoms with van der Waals surface area (Å²) in [5, 5.41) is 0. The first-order valence-corrected chi connectivity index (χ1v) is 7.83. The van der Waals surface area contributed by atoms with Crippen molar-refractivity contribution < 1.29 is 14.4 Å². The third kappa shape index (κ3) is 2.93. The van der Waals surface area contributed by atoms with Gasteiger partial charge in [-0.15, -0.1) is 0 Å². The van der Waals surface area contributed by atoms with E-state index in [0.717, 1.165) is 28.6 Å². The van der Waals surface area contributed by atoms with Gasteiger partial charge in [0.1, 0.15) is 5.92 Å². The van der Waals surface area contributed by atoms with E-state index in [2.05, 4.69) is 4.90 Å². The van der Waals surface area contributed by atoms with Gasteiger partial charge in [-0.2, -0.15) is 0 Å². The monoisotopic (exact) mass is 317 g/mol. The van der Waals surface area contributed by atoms with Crippen LogP contribution in [-0.2, 0) is 9.59 Å². The average Bonchev–Trinajstić information content (AvgIpc) is 2.79. The lowest BCUT2D eigenvalue weighted by molar-refractivity contribution is -0.149. The number of hydrogen-bond acceptors (Lipinski definition) is 4. The Kier molecular flexibility index (Phi) is 5.03. The Bertz CT molecular complexity index is 578. The van der Waals surface area contributed by atoms with Crippen LogP contribution in [0.5, 0.6) is 0 Å². The number of allylic oxidation sites excluding steroid dienone is 5. The van der Waals surface area contributed by atoms with Crippen molar-refractivity contribution in [3.8, 4) is 0 Å². The summed E-state index contributed by atoms with van der Waals surface area (Å²) in [5.41, 5.74) is 0.919. The quantitative estimate of drug-likeness (QED) is 0.739. The van der Waals surface area contributed by atoms with Crippen LogP contribution >= 0.6 is 0 Å². The molecule has 124 valence electrons. The normalized spacial score (nSPS) is 22.5. The number of amides is 4. The van der Waals surface area contributed by atoms with Gasteiger partial charge < -0.3 is 4.90 Å². The molecule has 0 aromatic rings. The summed E-state index contributed by atoms with van der Waals surface area (Å²) >= 11 is 0. The first-order chi connectivity index (χ1) is 10.9. The number of rotatable bonds is 4. The number of barbiturate groups is 1. The maximum absolute atomic E-state index is 12.6. The molecule has 1 heterocycles. The number of nitrogens with zero attached hydrogens (tertiary/aromatic N) is 3. The van der Waals surface area contributed by atoms with Gasteiger partial charge in [0.2, 0.25) is 11.8 Å². The highest BCUT2D eigenvalue weighted by atomic mass is 16.2. The molecule has 6 nitrogen and oxygen atoms in total. The van der Waals surface area contributed by atoms with E-state index in [0.29, 0.717) is 0 Å². The fraction of sp³-hybridized carbons (Fsp3) is 0.471. The zero-order chi connectivity index (χ0) is 17.1. The van der Waals surface area contributed by atoms with Crippen molar-refractivity contribution in [2.75, 3.05) is 27.2 Å². The lowest BCUT2D eigenvalue weighted by Gasteiger charge is -2.38. The zero-order valence-corrected chi connectivity index (χ0v) is 14.0. The van der Waals surface area contributed by atoms with E-state index < -0.39 is 23.8 Å². The summed E-state index contributed by atoms with van der Waals surface area (Å²) in [6, 6.07) is -0.583. The third-order valence-electron chi connectivity index (χ3n) is 4.40. The van der Waals surface area contributed by atoms with E-state index in [1.807, 2.05) is 44.2 Å². The fourth-order valence-electron chi connectivity index (χ4n) is 3.04. The largest absolute Gasteiger partial charge is 0.375 e. The van der Waals surface area contributed by atoms with Gasteiger partial charge in [-0.1, -0.05) is 24.3 Å². The van der Waals surface area contributed by atoms with Gasteiger partial charge in [0.15, 0.2) is 0 Å². The van der Waals surface area contributed by atoms with Gasteiger partial charge in [-0.25, -0.2) is 4.79 Å². The molecule has 0 aromatic carbocycles. The van der Waals surface area contributed by atoms with Crippen LogP contribution in [-0.4, -0.2) is 59.7 Å². The molecule has 2 rings (SSSR count). The molecule has 0 saturated carbocycles. The number of imide groups is 2. The minimum Gasteiger partial charge on any atom is -0.375 e. The maximum atomic E-state index is 12.6. The SMILES string of the molecule is CCN(CC)C1=CC=CC=CC1C1C(=O)N(C)C(=O)N(C)C1=O. The summed E-state index contributed by atoms with van der Waals surface area (Å²) in [4.78, 5) is 41.3. The first-order valence-electron chi connectivity index (χ1n) is 7.83. The van der Waals surface area contributed by atoms with Crippen LogP contribution in [0.1, 0.15) is 13.8 Å². The van der Waals surface area contributed by atoms with Crippen LogP contribution in [0.2, 0.25) is 0 Å². The van der Waals surface area contributed by atoms with E-state index in [1.54, 1.807) is 0 Å². The van der Waals surface area contributed by atoms with Crippen molar-refractivity contribution in [3.63, 3.8) is 0 Å².